The van der Waals surface area contributed by atoms with Crippen LogP contribution < -0.4 is 0 Å². The number of carbonyl (C=O) groups is 1. The highest BCUT2D eigenvalue weighted by Gasteiger charge is 2.37. The van der Waals surface area contributed by atoms with Gasteiger partial charge >= 0.3 is 5.97 Å². The molecule has 1 heterocycles. The zero-order valence-corrected chi connectivity index (χ0v) is 11.3. The minimum atomic E-state index is -1.10. The van der Waals surface area contributed by atoms with E-state index in [1.165, 1.54) is 17.2 Å². The van der Waals surface area contributed by atoms with E-state index < -0.39 is 11.1 Å². The number of piperidine rings is 1. The summed E-state index contributed by atoms with van der Waals surface area (Å²) in [4.78, 5) is 44.8. The van der Waals surface area contributed by atoms with Gasteiger partial charge in [-0.2, -0.15) is 9.98 Å². The monoisotopic (exact) mass is 267 g/mol. The summed E-state index contributed by atoms with van der Waals surface area (Å²) in [6, 6.07) is 0. The normalized spacial score (nSPS) is 18.9. The van der Waals surface area contributed by atoms with Crippen LogP contribution in [0.1, 0.15) is 33.6 Å². The van der Waals surface area contributed by atoms with Gasteiger partial charge in [0.1, 0.15) is 0 Å². The summed E-state index contributed by atoms with van der Waals surface area (Å²) in [7, 11) is 0. The summed E-state index contributed by atoms with van der Waals surface area (Å²) in [6.07, 6.45) is 3.44. The lowest BCUT2D eigenvalue weighted by Crippen LogP contribution is -2.44. The third-order valence-corrected chi connectivity index (χ3v) is 2.86. The molecule has 0 amide bonds. The molecule has 19 heavy (non-hydrogen) atoms. The van der Waals surface area contributed by atoms with Crippen LogP contribution in [0, 0.1) is 5.41 Å². The van der Waals surface area contributed by atoms with E-state index in [0.717, 1.165) is 0 Å². The topological polar surface area (TPSA) is 88.4 Å². The molecule has 1 fully saturated rings. The first-order valence-electron chi connectivity index (χ1n) is 5.98. The average molecular weight is 267 g/mol. The Kier molecular flexibility index (Phi) is 4.72. The summed E-state index contributed by atoms with van der Waals surface area (Å²) < 4.78 is 0. The van der Waals surface area contributed by atoms with E-state index in [-0.39, 0.29) is 5.97 Å². The Hall–Kier alpha value is -1.81. The third-order valence-electron chi connectivity index (χ3n) is 2.86. The molecule has 0 bridgehead atoms. The molecule has 0 N–H and O–H groups in total. The number of isocyanates is 2. The Balaban J connectivity index is 2.64. The minimum Gasteiger partial charge on any atom is -0.367 e. The molecule has 0 spiro atoms. The number of hydrogen-bond donors (Lipinski definition) is 0. The Morgan fingerprint density at radius 2 is 1.63 bits per heavy atom. The van der Waals surface area contributed by atoms with Crippen LogP contribution in [-0.4, -0.2) is 41.9 Å². The van der Waals surface area contributed by atoms with Crippen LogP contribution in [0.4, 0.5) is 0 Å². The lowest BCUT2D eigenvalue weighted by Gasteiger charge is -2.34. The Morgan fingerprint density at radius 3 is 2.00 bits per heavy atom. The zero-order valence-electron chi connectivity index (χ0n) is 11.3. The maximum atomic E-state index is 11.7. The van der Waals surface area contributed by atoms with Gasteiger partial charge in [0.2, 0.25) is 12.2 Å². The molecule has 1 aliphatic rings. The maximum absolute atomic E-state index is 11.7. The van der Waals surface area contributed by atoms with Gasteiger partial charge in [-0.05, 0) is 20.8 Å². The number of nitrogens with zero attached hydrogens (tertiary/aromatic N) is 3. The molecular formula is C12H17N3O4. The van der Waals surface area contributed by atoms with E-state index in [1.807, 2.05) is 0 Å². The molecule has 1 saturated heterocycles. The molecule has 0 saturated carbocycles. The van der Waals surface area contributed by atoms with Crippen LogP contribution in [-0.2, 0) is 19.2 Å². The second-order valence-electron chi connectivity index (χ2n) is 5.45. The highest BCUT2D eigenvalue weighted by Crippen LogP contribution is 2.28. The van der Waals surface area contributed by atoms with E-state index in [9.17, 15) is 14.4 Å². The second kappa shape index (κ2) is 5.89. The molecule has 0 unspecified atom stereocenters. The fraction of sp³-hybridized carbons (Fsp3) is 0.750. The van der Waals surface area contributed by atoms with Crippen molar-refractivity contribution >= 4 is 18.1 Å². The van der Waals surface area contributed by atoms with Crippen LogP contribution in [0.2, 0.25) is 0 Å². The first kappa shape index (κ1) is 15.2. The molecule has 0 aliphatic carbocycles. The Bertz CT molecular complexity index is 414. The van der Waals surface area contributed by atoms with E-state index in [1.54, 1.807) is 20.8 Å². The van der Waals surface area contributed by atoms with Crippen molar-refractivity contribution in [1.82, 2.24) is 5.06 Å². The van der Waals surface area contributed by atoms with E-state index in [2.05, 4.69) is 9.98 Å². The summed E-state index contributed by atoms with van der Waals surface area (Å²) in [5.41, 5.74) is -1.69. The van der Waals surface area contributed by atoms with Crippen molar-refractivity contribution in [2.24, 2.45) is 15.4 Å². The maximum Gasteiger partial charge on any atom is 0.330 e. The fourth-order valence-corrected chi connectivity index (χ4v) is 1.61. The van der Waals surface area contributed by atoms with Crippen molar-refractivity contribution in [1.29, 1.82) is 0 Å². The molecular weight excluding hydrogens is 250 g/mol. The quantitative estimate of drug-likeness (QED) is 0.561. The van der Waals surface area contributed by atoms with Gasteiger partial charge in [-0.3, -0.25) is 0 Å². The first-order chi connectivity index (χ1) is 8.83. The van der Waals surface area contributed by atoms with E-state index in [0.29, 0.717) is 25.9 Å². The van der Waals surface area contributed by atoms with Gasteiger partial charge in [-0.25, -0.2) is 14.4 Å². The lowest BCUT2D eigenvalue weighted by atomic mass is 9.97. The van der Waals surface area contributed by atoms with Crippen LogP contribution in [0.5, 0.6) is 0 Å². The largest absolute Gasteiger partial charge is 0.367 e. The summed E-state index contributed by atoms with van der Waals surface area (Å²) in [5.74, 6) is -0.335. The lowest BCUT2D eigenvalue weighted by molar-refractivity contribution is -0.206. The highest BCUT2D eigenvalue weighted by atomic mass is 16.7. The van der Waals surface area contributed by atoms with Crippen LogP contribution in [0.3, 0.4) is 0 Å². The molecule has 7 heteroatoms. The smallest absolute Gasteiger partial charge is 0.330 e. The molecule has 1 rings (SSSR count). The zero-order chi connectivity index (χ0) is 14.5. The molecule has 0 aromatic rings. The predicted molar refractivity (Wildman–Crippen MR) is 65.3 cm³/mol. The third kappa shape index (κ3) is 4.10. The van der Waals surface area contributed by atoms with Crippen molar-refractivity contribution in [3.8, 4) is 0 Å². The number of hydroxylamine groups is 2. The average Bonchev–Trinajstić information content (AvgIpc) is 2.32. The first-order valence-corrected chi connectivity index (χ1v) is 5.98. The summed E-state index contributed by atoms with van der Waals surface area (Å²) >= 11 is 0. The van der Waals surface area contributed by atoms with Crippen molar-refractivity contribution in [3.05, 3.63) is 0 Å². The Morgan fingerprint density at radius 1 is 1.16 bits per heavy atom. The standard InChI is InChI=1S/C12H17N3O4/c1-11(2,3)10(18)19-15-6-4-12(5-7-15,13-8-16)14-9-17/h4-7H2,1-3H3. The predicted octanol–water partition coefficient (Wildman–Crippen LogP) is 0.954. The van der Waals surface area contributed by atoms with Crippen molar-refractivity contribution < 1.29 is 19.2 Å². The van der Waals surface area contributed by atoms with Crippen molar-refractivity contribution in [3.63, 3.8) is 0 Å². The number of carbonyl (C=O) groups excluding carboxylic acids is 3. The van der Waals surface area contributed by atoms with Gasteiger partial charge in [-0.1, -0.05) is 0 Å². The van der Waals surface area contributed by atoms with E-state index in [4.69, 9.17) is 4.84 Å². The molecule has 0 aromatic heterocycles. The van der Waals surface area contributed by atoms with Gasteiger partial charge in [-0.15, -0.1) is 5.06 Å². The number of rotatable bonds is 3. The van der Waals surface area contributed by atoms with Crippen molar-refractivity contribution in [2.75, 3.05) is 13.1 Å². The highest BCUT2D eigenvalue weighted by molar-refractivity contribution is 5.75. The molecule has 0 radical (unpaired) electrons. The van der Waals surface area contributed by atoms with Crippen molar-refractivity contribution in [2.45, 2.75) is 39.3 Å². The minimum absolute atomic E-state index is 0.300. The van der Waals surface area contributed by atoms with Crippen LogP contribution in [0.25, 0.3) is 0 Å². The number of aliphatic imine (C=N–C) groups is 2. The van der Waals surface area contributed by atoms with Crippen LogP contribution in [0.15, 0.2) is 9.98 Å². The Labute approximate surface area is 111 Å². The van der Waals surface area contributed by atoms with Gasteiger partial charge in [0.05, 0.1) is 5.41 Å². The fourth-order valence-electron chi connectivity index (χ4n) is 1.61. The van der Waals surface area contributed by atoms with E-state index >= 15 is 0 Å². The molecule has 0 atom stereocenters. The van der Waals surface area contributed by atoms with Gasteiger partial charge < -0.3 is 4.84 Å². The second-order valence-corrected chi connectivity index (χ2v) is 5.45. The molecule has 1 aliphatic heterocycles. The van der Waals surface area contributed by atoms with Gasteiger partial charge in [0.15, 0.2) is 5.66 Å². The summed E-state index contributed by atoms with van der Waals surface area (Å²) in [6.45, 7) is 5.97. The van der Waals surface area contributed by atoms with Crippen LogP contribution >= 0.6 is 0 Å². The summed E-state index contributed by atoms with van der Waals surface area (Å²) in [5, 5.41) is 1.49. The number of hydrogen-bond acceptors (Lipinski definition) is 7. The molecule has 0 aromatic carbocycles. The van der Waals surface area contributed by atoms with Gasteiger partial charge in [0.25, 0.3) is 0 Å². The molecule has 104 valence electrons. The molecule has 7 nitrogen and oxygen atoms in total. The SMILES string of the molecule is CC(C)(C)C(=O)ON1CCC(N=C=O)(N=C=O)CC1. The van der Waals surface area contributed by atoms with Gasteiger partial charge in [0, 0.05) is 25.9 Å².